The van der Waals surface area contributed by atoms with E-state index in [4.69, 9.17) is 11.6 Å². The highest BCUT2D eigenvalue weighted by atomic mass is 35.5. The first-order valence-electron chi connectivity index (χ1n) is 7.65. The topological polar surface area (TPSA) is 70.2 Å². The summed E-state index contributed by atoms with van der Waals surface area (Å²) in [6, 6.07) is 15.3. The van der Waals surface area contributed by atoms with Gasteiger partial charge in [0.05, 0.1) is 16.3 Å². The van der Waals surface area contributed by atoms with Gasteiger partial charge < -0.3 is 5.32 Å². The maximum absolute atomic E-state index is 12.4. The Kier molecular flexibility index (Phi) is 6.21. The number of carbonyl (C=O) groups is 2. The number of para-hydroxylation sites is 1. The molecule has 0 aliphatic carbocycles. The van der Waals surface area contributed by atoms with Gasteiger partial charge in [0.1, 0.15) is 6.04 Å². The summed E-state index contributed by atoms with van der Waals surface area (Å²) < 4.78 is 0. The van der Waals surface area contributed by atoms with Gasteiger partial charge in [-0.05, 0) is 30.2 Å². The number of anilines is 1. The third kappa shape index (κ3) is 4.73. The Morgan fingerprint density at radius 1 is 0.958 bits per heavy atom. The van der Waals surface area contributed by atoms with Crippen molar-refractivity contribution in [2.24, 2.45) is 5.92 Å². The second-order valence-electron chi connectivity index (χ2n) is 5.66. The van der Waals surface area contributed by atoms with E-state index in [9.17, 15) is 9.59 Å². The van der Waals surface area contributed by atoms with Crippen molar-refractivity contribution in [1.82, 2.24) is 10.7 Å². The molecule has 126 valence electrons. The average Bonchev–Trinajstić information content (AvgIpc) is 2.58. The highest BCUT2D eigenvalue weighted by Gasteiger charge is 2.25. The lowest BCUT2D eigenvalue weighted by Gasteiger charge is -2.22. The zero-order valence-corrected chi connectivity index (χ0v) is 14.3. The van der Waals surface area contributed by atoms with Crippen LogP contribution in [0.15, 0.2) is 54.6 Å². The smallest absolute Gasteiger partial charge is 0.261 e. The maximum Gasteiger partial charge on any atom is 0.261 e. The van der Waals surface area contributed by atoms with Crippen LogP contribution in [0, 0.1) is 5.92 Å². The van der Waals surface area contributed by atoms with Crippen LogP contribution in [0.3, 0.4) is 0 Å². The molecule has 0 aromatic heterocycles. The van der Waals surface area contributed by atoms with E-state index in [1.165, 1.54) is 0 Å². The number of carbonyl (C=O) groups excluding carboxylic acids is 2. The predicted molar refractivity (Wildman–Crippen MR) is 95.8 cm³/mol. The van der Waals surface area contributed by atoms with Crippen LogP contribution in [0.4, 0.5) is 5.69 Å². The van der Waals surface area contributed by atoms with Gasteiger partial charge in [-0.25, -0.2) is 0 Å². The second kappa shape index (κ2) is 8.36. The van der Waals surface area contributed by atoms with Gasteiger partial charge in [-0.1, -0.05) is 55.8 Å². The molecule has 0 aliphatic heterocycles. The molecule has 2 aromatic carbocycles. The van der Waals surface area contributed by atoms with Gasteiger partial charge >= 0.3 is 0 Å². The van der Waals surface area contributed by atoms with Crippen molar-refractivity contribution in [2.45, 2.75) is 19.9 Å². The molecule has 0 bridgehead atoms. The fourth-order valence-electron chi connectivity index (χ4n) is 2.13. The Labute approximate surface area is 146 Å². The van der Waals surface area contributed by atoms with Gasteiger partial charge in [0.2, 0.25) is 0 Å². The molecular formula is C18H20ClN3O2. The zero-order valence-electron chi connectivity index (χ0n) is 13.5. The van der Waals surface area contributed by atoms with Crippen LogP contribution in [-0.2, 0) is 4.79 Å². The number of rotatable bonds is 6. The number of nitrogens with one attached hydrogen (secondary N) is 3. The van der Waals surface area contributed by atoms with Gasteiger partial charge in [0.15, 0.2) is 0 Å². The molecule has 24 heavy (non-hydrogen) atoms. The molecule has 3 N–H and O–H groups in total. The molecule has 6 heteroatoms. The standard InChI is InChI=1S/C18H20ClN3O2/c1-12(2)16(18(24)22-21-13-8-4-3-5-9-13)20-17(23)14-10-6-7-11-15(14)19/h3-12,16,21H,1-2H3,(H,20,23)(H,22,24). The first-order valence-corrected chi connectivity index (χ1v) is 8.03. The highest BCUT2D eigenvalue weighted by molar-refractivity contribution is 6.33. The predicted octanol–water partition coefficient (Wildman–Crippen LogP) is 3.24. The minimum absolute atomic E-state index is 0.0889. The second-order valence-corrected chi connectivity index (χ2v) is 6.06. The minimum atomic E-state index is -0.690. The molecule has 1 unspecified atom stereocenters. The third-order valence-electron chi connectivity index (χ3n) is 3.46. The highest BCUT2D eigenvalue weighted by Crippen LogP contribution is 2.15. The van der Waals surface area contributed by atoms with E-state index in [1.807, 2.05) is 44.2 Å². The van der Waals surface area contributed by atoms with Crippen LogP contribution < -0.4 is 16.2 Å². The average molecular weight is 346 g/mol. The summed E-state index contributed by atoms with van der Waals surface area (Å²) in [7, 11) is 0. The van der Waals surface area contributed by atoms with Crippen LogP contribution >= 0.6 is 11.6 Å². The summed E-state index contributed by atoms with van der Waals surface area (Å²) in [5.41, 5.74) is 6.54. The summed E-state index contributed by atoms with van der Waals surface area (Å²) in [5, 5.41) is 3.08. The number of halogens is 1. The van der Waals surface area contributed by atoms with Crippen LogP contribution in [0.5, 0.6) is 0 Å². The molecule has 0 heterocycles. The zero-order chi connectivity index (χ0) is 17.5. The normalized spacial score (nSPS) is 11.7. The van der Waals surface area contributed by atoms with Crippen molar-refractivity contribution in [2.75, 3.05) is 5.43 Å². The van der Waals surface area contributed by atoms with E-state index in [-0.39, 0.29) is 17.7 Å². The molecular weight excluding hydrogens is 326 g/mol. The fourth-order valence-corrected chi connectivity index (χ4v) is 2.35. The summed E-state index contributed by atoms with van der Waals surface area (Å²) in [6.45, 7) is 3.72. The molecule has 2 rings (SSSR count). The Hall–Kier alpha value is -2.53. The van der Waals surface area contributed by atoms with Gasteiger partial charge in [0, 0.05) is 0 Å². The monoisotopic (exact) mass is 345 g/mol. The lowest BCUT2D eigenvalue weighted by molar-refractivity contribution is -0.123. The molecule has 2 aromatic rings. The quantitative estimate of drug-likeness (QED) is 0.704. The van der Waals surface area contributed by atoms with Gasteiger partial charge in [-0.3, -0.25) is 20.4 Å². The summed E-state index contributed by atoms with van der Waals surface area (Å²) in [6.07, 6.45) is 0. The lowest BCUT2D eigenvalue weighted by Crippen LogP contribution is -2.51. The van der Waals surface area contributed by atoms with Crippen molar-refractivity contribution in [3.8, 4) is 0 Å². The third-order valence-corrected chi connectivity index (χ3v) is 3.79. The molecule has 5 nitrogen and oxygen atoms in total. The van der Waals surface area contributed by atoms with Crippen LogP contribution in [-0.4, -0.2) is 17.9 Å². The molecule has 0 aliphatic rings. The first-order chi connectivity index (χ1) is 11.5. The molecule has 1 atom stereocenters. The molecule has 0 spiro atoms. The van der Waals surface area contributed by atoms with Crippen LogP contribution in [0.2, 0.25) is 5.02 Å². The van der Waals surface area contributed by atoms with E-state index in [0.29, 0.717) is 10.6 Å². The number of hydrazine groups is 1. The number of amides is 2. The molecule has 0 saturated carbocycles. The molecule has 0 fully saturated rings. The Morgan fingerprint density at radius 2 is 1.58 bits per heavy atom. The summed E-state index contributed by atoms with van der Waals surface area (Å²) in [5.74, 6) is -0.794. The van der Waals surface area contributed by atoms with Gasteiger partial charge in [-0.15, -0.1) is 0 Å². The Bertz CT molecular complexity index is 704. The molecule has 0 radical (unpaired) electrons. The van der Waals surface area contributed by atoms with Crippen LogP contribution in [0.25, 0.3) is 0 Å². The van der Waals surface area contributed by atoms with Gasteiger partial charge in [0.25, 0.3) is 11.8 Å². The largest absolute Gasteiger partial charge is 0.340 e. The number of hydrogen-bond acceptors (Lipinski definition) is 3. The van der Waals surface area contributed by atoms with Crippen molar-refractivity contribution in [1.29, 1.82) is 0 Å². The first kappa shape index (κ1) is 17.8. The SMILES string of the molecule is CC(C)C(NC(=O)c1ccccc1Cl)C(=O)NNc1ccccc1. The van der Waals surface area contributed by atoms with Crippen LogP contribution in [0.1, 0.15) is 24.2 Å². The van der Waals surface area contributed by atoms with E-state index in [2.05, 4.69) is 16.2 Å². The number of hydrogen-bond donors (Lipinski definition) is 3. The van der Waals surface area contributed by atoms with Crippen molar-refractivity contribution < 1.29 is 9.59 Å². The van der Waals surface area contributed by atoms with E-state index in [1.54, 1.807) is 24.3 Å². The van der Waals surface area contributed by atoms with Crippen molar-refractivity contribution in [3.05, 3.63) is 65.2 Å². The Balaban J connectivity index is 2.02. The lowest BCUT2D eigenvalue weighted by atomic mass is 10.0. The molecule has 0 saturated heterocycles. The van der Waals surface area contributed by atoms with Crippen molar-refractivity contribution >= 4 is 29.1 Å². The maximum atomic E-state index is 12.4. The summed E-state index contributed by atoms with van der Waals surface area (Å²) >= 11 is 6.03. The number of benzene rings is 2. The molecule has 2 amide bonds. The van der Waals surface area contributed by atoms with E-state index >= 15 is 0 Å². The minimum Gasteiger partial charge on any atom is -0.340 e. The fraction of sp³-hybridized carbons (Fsp3) is 0.222. The Morgan fingerprint density at radius 3 is 2.21 bits per heavy atom. The van der Waals surface area contributed by atoms with Crippen molar-refractivity contribution in [3.63, 3.8) is 0 Å². The van der Waals surface area contributed by atoms with E-state index in [0.717, 1.165) is 5.69 Å². The van der Waals surface area contributed by atoms with E-state index < -0.39 is 6.04 Å². The summed E-state index contributed by atoms with van der Waals surface area (Å²) in [4.78, 5) is 24.8. The van der Waals surface area contributed by atoms with Gasteiger partial charge in [-0.2, -0.15) is 0 Å².